The van der Waals surface area contributed by atoms with Crippen LogP contribution in [0.2, 0.25) is 0 Å². The number of aromatic nitrogens is 1. The molecule has 1 aliphatic heterocycles. The van der Waals surface area contributed by atoms with Gasteiger partial charge in [0, 0.05) is 25.2 Å². The quantitative estimate of drug-likeness (QED) is 0.738. The van der Waals surface area contributed by atoms with Gasteiger partial charge >= 0.3 is 0 Å². The number of para-hydroxylation sites is 1. The van der Waals surface area contributed by atoms with E-state index in [0.717, 1.165) is 16.9 Å². The van der Waals surface area contributed by atoms with E-state index in [1.807, 2.05) is 37.3 Å². The van der Waals surface area contributed by atoms with E-state index in [1.165, 1.54) is 4.57 Å². The van der Waals surface area contributed by atoms with Crippen molar-refractivity contribution < 1.29 is 14.3 Å². The number of morpholine rings is 1. The summed E-state index contributed by atoms with van der Waals surface area (Å²) in [7, 11) is 1.57. The number of hydrogen-bond donors (Lipinski definition) is 0. The minimum atomic E-state index is -0.363. The number of methoxy groups -OCH3 is 1. The second-order valence-electron chi connectivity index (χ2n) is 6.10. The summed E-state index contributed by atoms with van der Waals surface area (Å²) in [6, 6.07) is 9.38. The highest BCUT2D eigenvalue weighted by atomic mass is 32.1. The Labute approximate surface area is 166 Å². The highest BCUT2D eigenvalue weighted by Gasteiger charge is 2.23. The van der Waals surface area contributed by atoms with E-state index in [2.05, 4.69) is 0 Å². The summed E-state index contributed by atoms with van der Waals surface area (Å²) in [5.74, 6) is 0.284. The number of rotatable bonds is 4. The number of amides is 1. The first kappa shape index (κ1) is 19.9. The lowest BCUT2D eigenvalue weighted by Crippen LogP contribution is -2.42. The molecule has 0 aliphatic carbocycles. The molecule has 2 aromatic rings. The molecule has 3 rings (SSSR count). The molecule has 1 aliphatic rings. The van der Waals surface area contributed by atoms with E-state index in [1.54, 1.807) is 18.1 Å². The Kier molecular flexibility index (Phi) is 6.29. The van der Waals surface area contributed by atoms with E-state index in [9.17, 15) is 14.9 Å². The molecule has 0 unspecified atom stereocenters. The van der Waals surface area contributed by atoms with Crippen molar-refractivity contribution >= 4 is 28.9 Å². The van der Waals surface area contributed by atoms with Gasteiger partial charge in [0.15, 0.2) is 5.57 Å². The first-order valence-corrected chi connectivity index (χ1v) is 9.78. The maximum Gasteiger partial charge on any atom is 0.269 e. The van der Waals surface area contributed by atoms with Crippen LogP contribution in [0.4, 0.5) is 0 Å². The molecule has 0 saturated carbocycles. The predicted molar refractivity (Wildman–Crippen MR) is 106 cm³/mol. The summed E-state index contributed by atoms with van der Waals surface area (Å²) < 4.78 is 12.9. The summed E-state index contributed by atoms with van der Waals surface area (Å²) in [5, 5.41) is 9.67. The maximum absolute atomic E-state index is 12.9. The lowest BCUT2D eigenvalue weighted by molar-refractivity contribution is -0.128. The van der Waals surface area contributed by atoms with Gasteiger partial charge in [-0.15, -0.1) is 11.3 Å². The van der Waals surface area contributed by atoms with Crippen molar-refractivity contribution in [1.29, 1.82) is 5.26 Å². The molecule has 0 N–H and O–H groups in total. The minimum Gasteiger partial charge on any atom is -0.496 e. The molecule has 0 atom stereocenters. The Hall–Kier alpha value is -2.89. The van der Waals surface area contributed by atoms with Crippen LogP contribution in [-0.4, -0.2) is 48.8 Å². The van der Waals surface area contributed by atoms with Crippen LogP contribution < -0.4 is 19.5 Å². The zero-order valence-corrected chi connectivity index (χ0v) is 16.6. The number of nitrogens with zero attached hydrogens (tertiary/aromatic N) is 3. The number of carbonyl (C=O) groups excluding carboxylic acids is 1. The van der Waals surface area contributed by atoms with Crippen LogP contribution in [0.3, 0.4) is 0 Å². The van der Waals surface area contributed by atoms with Crippen LogP contribution in [-0.2, 0) is 16.1 Å². The fraction of sp³-hybridized carbons (Fsp3) is 0.350. The molecule has 1 amide bonds. The monoisotopic (exact) mass is 399 g/mol. The predicted octanol–water partition coefficient (Wildman–Crippen LogP) is 0.300. The molecule has 2 heterocycles. The standard InChI is InChI=1S/C20H21N3O4S/c1-3-23-19(25)17(12-14-6-4-5-7-16(14)26-2)28-20(23)15(13-21)18(24)22-8-10-27-11-9-22/h4-7,12H,3,8-11H2,1-2H3/b17-12+,20-15-. The molecular formula is C20H21N3O4S. The second kappa shape index (κ2) is 8.87. The normalized spacial score (nSPS) is 15.9. The molecular weight excluding hydrogens is 378 g/mol. The van der Waals surface area contributed by atoms with Gasteiger partial charge in [-0.1, -0.05) is 18.2 Å². The van der Waals surface area contributed by atoms with Crippen molar-refractivity contribution in [3.8, 4) is 11.8 Å². The average molecular weight is 399 g/mol. The van der Waals surface area contributed by atoms with Crippen LogP contribution >= 0.6 is 11.3 Å². The van der Waals surface area contributed by atoms with Gasteiger partial charge in [0.05, 0.1) is 24.9 Å². The van der Waals surface area contributed by atoms with Gasteiger partial charge in [-0.25, -0.2) is 0 Å². The number of carbonyl (C=O) groups is 1. The molecule has 0 radical (unpaired) electrons. The Morgan fingerprint density at radius 2 is 2.07 bits per heavy atom. The van der Waals surface area contributed by atoms with Crippen molar-refractivity contribution in [1.82, 2.24) is 9.47 Å². The Bertz CT molecular complexity index is 1090. The van der Waals surface area contributed by atoms with Gasteiger partial charge in [-0.05, 0) is 19.1 Å². The molecule has 7 nitrogen and oxygen atoms in total. The van der Waals surface area contributed by atoms with E-state index in [-0.39, 0.29) is 17.0 Å². The topological polar surface area (TPSA) is 84.6 Å². The smallest absolute Gasteiger partial charge is 0.269 e. The number of hydrogen-bond acceptors (Lipinski definition) is 6. The SMILES string of the molecule is CCn1c(=O)/c(=C\c2ccccc2OC)s/c1=C(/C#N)C(=O)N1CCOCC1. The highest BCUT2D eigenvalue weighted by Crippen LogP contribution is 2.17. The zero-order chi connectivity index (χ0) is 20.1. The van der Waals surface area contributed by atoms with Gasteiger partial charge in [-0.3, -0.25) is 14.2 Å². The van der Waals surface area contributed by atoms with Crippen molar-refractivity contribution in [2.24, 2.45) is 0 Å². The fourth-order valence-electron chi connectivity index (χ4n) is 3.03. The maximum atomic E-state index is 12.9. The van der Waals surface area contributed by atoms with E-state index >= 15 is 0 Å². The highest BCUT2D eigenvalue weighted by molar-refractivity contribution is 7.07. The Balaban J connectivity index is 2.19. The molecule has 1 aromatic heterocycles. The van der Waals surface area contributed by atoms with Crippen LogP contribution in [0.1, 0.15) is 12.5 Å². The van der Waals surface area contributed by atoms with E-state index < -0.39 is 0 Å². The number of benzene rings is 1. The lowest BCUT2D eigenvalue weighted by atomic mass is 10.2. The summed E-state index contributed by atoms with van der Waals surface area (Å²) in [4.78, 5) is 27.3. The third kappa shape index (κ3) is 3.86. The molecule has 1 fully saturated rings. The van der Waals surface area contributed by atoms with Crippen molar-refractivity contribution in [3.63, 3.8) is 0 Å². The average Bonchev–Trinajstić information content (AvgIpc) is 3.04. The van der Waals surface area contributed by atoms with Gasteiger partial charge < -0.3 is 14.4 Å². The first-order valence-electron chi connectivity index (χ1n) is 8.96. The number of ether oxygens (including phenoxy) is 2. The number of nitriles is 1. The van der Waals surface area contributed by atoms with Gasteiger partial charge in [0.1, 0.15) is 16.5 Å². The molecule has 0 spiro atoms. The van der Waals surface area contributed by atoms with Crippen molar-refractivity contribution in [2.75, 3.05) is 33.4 Å². The van der Waals surface area contributed by atoms with Crippen LogP contribution in [0, 0.1) is 11.3 Å². The number of thiazole rings is 1. The van der Waals surface area contributed by atoms with E-state index in [4.69, 9.17) is 9.47 Å². The third-order valence-electron chi connectivity index (χ3n) is 4.49. The van der Waals surface area contributed by atoms with E-state index in [0.29, 0.717) is 47.8 Å². The largest absolute Gasteiger partial charge is 0.496 e. The molecule has 1 aromatic carbocycles. The molecule has 1 saturated heterocycles. The summed E-state index contributed by atoms with van der Waals surface area (Å²) in [6.45, 7) is 3.95. The molecule has 0 bridgehead atoms. The van der Waals surface area contributed by atoms with Gasteiger partial charge in [0.2, 0.25) is 0 Å². The fourth-order valence-corrected chi connectivity index (χ4v) is 4.18. The first-order chi connectivity index (χ1) is 13.6. The summed E-state index contributed by atoms with van der Waals surface area (Å²) >= 11 is 1.15. The lowest BCUT2D eigenvalue weighted by Gasteiger charge is -2.26. The van der Waals surface area contributed by atoms with Crippen LogP contribution in [0.25, 0.3) is 11.6 Å². The summed E-state index contributed by atoms with van der Waals surface area (Å²) in [5.41, 5.74) is 0.526. The Morgan fingerprint density at radius 3 is 2.71 bits per heavy atom. The van der Waals surface area contributed by atoms with Crippen LogP contribution in [0.15, 0.2) is 29.1 Å². The molecule has 28 heavy (non-hydrogen) atoms. The van der Waals surface area contributed by atoms with Crippen molar-refractivity contribution in [2.45, 2.75) is 13.5 Å². The molecule has 8 heteroatoms. The van der Waals surface area contributed by atoms with Gasteiger partial charge in [0.25, 0.3) is 11.5 Å². The van der Waals surface area contributed by atoms with Crippen LogP contribution in [0.5, 0.6) is 5.75 Å². The van der Waals surface area contributed by atoms with Crippen molar-refractivity contribution in [3.05, 3.63) is 49.4 Å². The summed E-state index contributed by atoms with van der Waals surface area (Å²) in [6.07, 6.45) is 1.73. The molecule has 146 valence electrons. The second-order valence-corrected chi connectivity index (χ2v) is 7.13. The minimum absolute atomic E-state index is 0.00877. The Morgan fingerprint density at radius 1 is 1.36 bits per heavy atom. The van der Waals surface area contributed by atoms with Gasteiger partial charge in [-0.2, -0.15) is 5.26 Å². The third-order valence-corrected chi connectivity index (χ3v) is 5.62. The zero-order valence-electron chi connectivity index (χ0n) is 15.8.